The Morgan fingerprint density at radius 1 is 1.17 bits per heavy atom. The van der Waals surface area contributed by atoms with Crippen LogP contribution < -0.4 is 4.90 Å². The van der Waals surface area contributed by atoms with Crippen molar-refractivity contribution >= 4 is 23.3 Å². The van der Waals surface area contributed by atoms with E-state index in [4.69, 9.17) is 4.74 Å². The summed E-state index contributed by atoms with van der Waals surface area (Å²) in [5.74, 6) is -1.17. The zero-order chi connectivity index (χ0) is 21.7. The number of para-hydroxylation sites is 1. The van der Waals surface area contributed by atoms with Crippen LogP contribution in [-0.2, 0) is 16.0 Å². The molecule has 1 heterocycles. The lowest BCUT2D eigenvalue weighted by Gasteiger charge is -2.31. The molecule has 0 aromatic heterocycles. The second kappa shape index (κ2) is 9.36. The quantitative estimate of drug-likeness (QED) is 0.407. The molecule has 0 radical (unpaired) electrons. The molecule has 3 rings (SSSR count). The van der Waals surface area contributed by atoms with E-state index in [1.165, 1.54) is 24.1 Å². The van der Waals surface area contributed by atoms with Crippen molar-refractivity contribution in [1.29, 1.82) is 0 Å². The molecule has 0 atom stereocenters. The number of methoxy groups -OCH3 is 1. The molecule has 9 heteroatoms. The summed E-state index contributed by atoms with van der Waals surface area (Å²) >= 11 is 0. The maximum absolute atomic E-state index is 13.0. The van der Waals surface area contributed by atoms with Crippen molar-refractivity contribution in [3.63, 3.8) is 0 Å². The lowest BCUT2D eigenvalue weighted by atomic mass is 10.1. The van der Waals surface area contributed by atoms with Crippen LogP contribution in [0.3, 0.4) is 0 Å². The average Bonchev–Trinajstić information content (AvgIpc) is 2.78. The lowest BCUT2D eigenvalue weighted by molar-refractivity contribution is -0.384. The molecule has 1 amide bonds. The number of anilines is 1. The van der Waals surface area contributed by atoms with Crippen LogP contribution in [0.2, 0.25) is 0 Å². The van der Waals surface area contributed by atoms with Gasteiger partial charge in [0, 0.05) is 50.1 Å². The van der Waals surface area contributed by atoms with Crippen molar-refractivity contribution in [2.75, 3.05) is 45.4 Å². The van der Waals surface area contributed by atoms with Gasteiger partial charge in [-0.3, -0.25) is 14.9 Å². The summed E-state index contributed by atoms with van der Waals surface area (Å²) in [6, 6.07) is 11.4. The van der Waals surface area contributed by atoms with Gasteiger partial charge in [-0.25, -0.2) is 4.79 Å². The van der Waals surface area contributed by atoms with Crippen LogP contribution >= 0.6 is 0 Å². The Morgan fingerprint density at radius 2 is 1.83 bits per heavy atom. The SMILES string of the molecule is COC(=O)c1cc(C(=O)N(C)Cc2ccccc2N2CCOCC2)cc([N+](=O)[O-])c1. The molecule has 158 valence electrons. The van der Waals surface area contributed by atoms with E-state index in [1.807, 2.05) is 24.3 Å². The zero-order valence-corrected chi connectivity index (χ0v) is 16.9. The third kappa shape index (κ3) is 4.74. The molecule has 1 fully saturated rings. The van der Waals surface area contributed by atoms with Crippen molar-refractivity contribution < 1.29 is 24.0 Å². The third-order valence-electron chi connectivity index (χ3n) is 4.89. The van der Waals surface area contributed by atoms with Gasteiger partial charge >= 0.3 is 5.97 Å². The van der Waals surface area contributed by atoms with Gasteiger partial charge in [0.15, 0.2) is 0 Å². The Labute approximate surface area is 173 Å². The van der Waals surface area contributed by atoms with Gasteiger partial charge in [-0.05, 0) is 17.7 Å². The molecule has 0 spiro atoms. The molecule has 0 aliphatic carbocycles. The minimum atomic E-state index is -0.743. The van der Waals surface area contributed by atoms with E-state index in [2.05, 4.69) is 9.64 Å². The molecule has 1 aliphatic heterocycles. The fourth-order valence-electron chi connectivity index (χ4n) is 3.38. The Morgan fingerprint density at radius 3 is 2.50 bits per heavy atom. The second-order valence-corrected chi connectivity index (χ2v) is 6.91. The Bertz CT molecular complexity index is 956. The van der Waals surface area contributed by atoms with E-state index in [-0.39, 0.29) is 16.8 Å². The van der Waals surface area contributed by atoms with Gasteiger partial charge in [-0.15, -0.1) is 0 Å². The van der Waals surface area contributed by atoms with Crippen LogP contribution in [0.15, 0.2) is 42.5 Å². The fraction of sp³-hybridized carbons (Fsp3) is 0.333. The first-order valence-electron chi connectivity index (χ1n) is 9.44. The number of nitro benzene ring substituents is 1. The van der Waals surface area contributed by atoms with Gasteiger partial charge in [0.25, 0.3) is 11.6 Å². The third-order valence-corrected chi connectivity index (χ3v) is 4.89. The molecular formula is C21H23N3O6. The summed E-state index contributed by atoms with van der Waals surface area (Å²) in [4.78, 5) is 39.1. The first kappa shape index (κ1) is 21.3. The standard InChI is InChI=1S/C21H23N3O6/c1-22(14-15-5-3-4-6-19(15)23-7-9-30-10-8-23)20(25)16-11-17(21(26)29-2)13-18(12-16)24(27)28/h3-6,11-13H,7-10,14H2,1-2H3. The summed E-state index contributed by atoms with van der Waals surface area (Å²) in [6.45, 7) is 3.13. The molecular weight excluding hydrogens is 390 g/mol. The van der Waals surface area contributed by atoms with E-state index >= 15 is 0 Å². The molecule has 0 saturated carbocycles. The first-order valence-corrected chi connectivity index (χ1v) is 9.44. The highest BCUT2D eigenvalue weighted by Gasteiger charge is 2.22. The summed E-state index contributed by atoms with van der Waals surface area (Å²) in [6.07, 6.45) is 0. The van der Waals surface area contributed by atoms with Crippen LogP contribution in [-0.4, -0.2) is 62.2 Å². The zero-order valence-electron chi connectivity index (χ0n) is 16.9. The maximum Gasteiger partial charge on any atom is 0.338 e. The minimum Gasteiger partial charge on any atom is -0.465 e. The van der Waals surface area contributed by atoms with Crippen LogP contribution in [0.25, 0.3) is 0 Å². The molecule has 1 aliphatic rings. The molecule has 0 N–H and O–H groups in total. The monoisotopic (exact) mass is 413 g/mol. The summed E-state index contributed by atoms with van der Waals surface area (Å²) in [5, 5.41) is 11.2. The Hall–Kier alpha value is -3.46. The number of morpholine rings is 1. The fourth-order valence-corrected chi connectivity index (χ4v) is 3.38. The molecule has 0 bridgehead atoms. The number of rotatable bonds is 6. The number of carbonyl (C=O) groups is 2. The van der Waals surface area contributed by atoms with Gasteiger partial charge < -0.3 is 19.3 Å². The average molecular weight is 413 g/mol. The number of hydrogen-bond acceptors (Lipinski definition) is 7. The van der Waals surface area contributed by atoms with Crippen molar-refractivity contribution in [3.8, 4) is 0 Å². The van der Waals surface area contributed by atoms with Crippen LogP contribution in [0.4, 0.5) is 11.4 Å². The smallest absolute Gasteiger partial charge is 0.338 e. The number of hydrogen-bond donors (Lipinski definition) is 0. The predicted molar refractivity (Wildman–Crippen MR) is 110 cm³/mol. The minimum absolute atomic E-state index is 0.0443. The van der Waals surface area contributed by atoms with E-state index in [1.54, 1.807) is 7.05 Å². The molecule has 9 nitrogen and oxygen atoms in total. The number of carbonyl (C=O) groups excluding carboxylic acids is 2. The number of nitro groups is 1. The van der Waals surface area contributed by atoms with Gasteiger partial charge in [-0.1, -0.05) is 18.2 Å². The largest absolute Gasteiger partial charge is 0.465 e. The van der Waals surface area contributed by atoms with Crippen LogP contribution in [0, 0.1) is 10.1 Å². The number of nitrogens with zero attached hydrogens (tertiary/aromatic N) is 3. The summed E-state index contributed by atoms with van der Waals surface area (Å²) in [7, 11) is 2.80. The van der Waals surface area contributed by atoms with Gasteiger partial charge in [0.1, 0.15) is 0 Å². The van der Waals surface area contributed by atoms with Crippen LogP contribution in [0.1, 0.15) is 26.3 Å². The van der Waals surface area contributed by atoms with E-state index in [0.717, 1.165) is 30.4 Å². The summed E-state index contributed by atoms with van der Waals surface area (Å²) in [5.41, 5.74) is 1.64. The van der Waals surface area contributed by atoms with Crippen molar-refractivity contribution in [2.45, 2.75) is 6.54 Å². The Balaban J connectivity index is 1.85. The van der Waals surface area contributed by atoms with Crippen molar-refractivity contribution in [2.24, 2.45) is 0 Å². The molecule has 1 saturated heterocycles. The number of non-ortho nitro benzene ring substituents is 1. The number of amides is 1. The molecule has 30 heavy (non-hydrogen) atoms. The normalized spacial score (nSPS) is 13.6. The van der Waals surface area contributed by atoms with E-state index in [0.29, 0.717) is 19.8 Å². The summed E-state index contributed by atoms with van der Waals surface area (Å²) < 4.78 is 10.1. The molecule has 0 unspecified atom stereocenters. The van der Waals surface area contributed by atoms with Gasteiger partial charge in [-0.2, -0.15) is 0 Å². The van der Waals surface area contributed by atoms with E-state index in [9.17, 15) is 19.7 Å². The number of benzene rings is 2. The van der Waals surface area contributed by atoms with E-state index < -0.39 is 16.8 Å². The molecule has 2 aromatic rings. The van der Waals surface area contributed by atoms with Gasteiger partial charge in [0.05, 0.1) is 30.8 Å². The second-order valence-electron chi connectivity index (χ2n) is 6.91. The van der Waals surface area contributed by atoms with Gasteiger partial charge in [0.2, 0.25) is 0 Å². The van der Waals surface area contributed by atoms with Crippen molar-refractivity contribution in [3.05, 3.63) is 69.3 Å². The van der Waals surface area contributed by atoms with Crippen LogP contribution in [0.5, 0.6) is 0 Å². The number of esters is 1. The highest BCUT2D eigenvalue weighted by Crippen LogP contribution is 2.24. The maximum atomic E-state index is 13.0. The molecule has 2 aromatic carbocycles. The first-order chi connectivity index (χ1) is 14.4. The van der Waals surface area contributed by atoms with Crippen molar-refractivity contribution in [1.82, 2.24) is 4.90 Å². The number of ether oxygens (including phenoxy) is 2. The Kier molecular flexibility index (Phi) is 6.63. The lowest BCUT2D eigenvalue weighted by Crippen LogP contribution is -2.37. The highest BCUT2D eigenvalue weighted by molar-refractivity contribution is 5.98. The highest BCUT2D eigenvalue weighted by atomic mass is 16.6. The predicted octanol–water partition coefficient (Wildman–Crippen LogP) is 2.49. The topological polar surface area (TPSA) is 102 Å².